The number of rotatable bonds is 5. The van der Waals surface area contributed by atoms with Crippen molar-refractivity contribution in [2.75, 3.05) is 45.3 Å². The van der Waals surface area contributed by atoms with Crippen LogP contribution in [-0.2, 0) is 5.41 Å². The molecule has 1 saturated heterocycles. The van der Waals surface area contributed by atoms with Crippen LogP contribution in [0.2, 0.25) is 0 Å². The minimum absolute atomic E-state index is 0.0789. The van der Waals surface area contributed by atoms with Crippen LogP contribution in [0.5, 0.6) is 11.5 Å². The highest BCUT2D eigenvalue weighted by Crippen LogP contribution is 2.30. The number of ether oxygens (including phenoxy) is 2. The highest BCUT2D eigenvalue weighted by molar-refractivity contribution is 5.94. The van der Waals surface area contributed by atoms with E-state index in [1.807, 2.05) is 64.0 Å². The molecule has 1 amide bonds. The highest BCUT2D eigenvalue weighted by Gasteiger charge is 2.27. The van der Waals surface area contributed by atoms with E-state index in [4.69, 9.17) is 19.6 Å². The fourth-order valence-corrected chi connectivity index (χ4v) is 4.64. The van der Waals surface area contributed by atoms with E-state index < -0.39 is 0 Å². The number of aromatic nitrogens is 3. The van der Waals surface area contributed by atoms with Gasteiger partial charge in [0.25, 0.3) is 5.91 Å². The van der Waals surface area contributed by atoms with Crippen molar-refractivity contribution in [3.8, 4) is 22.8 Å². The van der Waals surface area contributed by atoms with Gasteiger partial charge >= 0.3 is 0 Å². The van der Waals surface area contributed by atoms with Gasteiger partial charge in [0.1, 0.15) is 17.2 Å². The summed E-state index contributed by atoms with van der Waals surface area (Å²) in [6.07, 6.45) is 0. The number of para-hydroxylation sites is 2. The normalized spacial score (nSPS) is 14.2. The zero-order valence-corrected chi connectivity index (χ0v) is 22.1. The van der Waals surface area contributed by atoms with Gasteiger partial charge in [-0.1, -0.05) is 45.0 Å². The molecule has 4 aromatic rings. The molecule has 0 aliphatic carbocycles. The summed E-state index contributed by atoms with van der Waals surface area (Å²) < 4.78 is 12.8. The number of anilines is 1. The molecule has 2 aromatic carbocycles. The molecule has 1 aliphatic heterocycles. The van der Waals surface area contributed by atoms with E-state index in [0.717, 1.165) is 47.2 Å². The van der Waals surface area contributed by atoms with E-state index in [0.29, 0.717) is 24.4 Å². The zero-order valence-electron chi connectivity index (χ0n) is 22.1. The first kappa shape index (κ1) is 24.6. The molecular formula is C29H33N5O3. The SMILES string of the molecule is COc1cccc(-c2cc(C(=O)N3CCN(c4ccccc4OC)CC3)nc3cc(C(C)(C)C)nn23)c1. The summed E-state index contributed by atoms with van der Waals surface area (Å²) in [6, 6.07) is 19.6. The molecule has 1 fully saturated rings. The Hall–Kier alpha value is -4.07. The van der Waals surface area contributed by atoms with Crippen LogP contribution in [0.3, 0.4) is 0 Å². The predicted octanol–water partition coefficient (Wildman–Crippen LogP) is 4.67. The van der Waals surface area contributed by atoms with Gasteiger partial charge < -0.3 is 19.3 Å². The number of benzene rings is 2. The lowest BCUT2D eigenvalue weighted by Gasteiger charge is -2.36. The Kier molecular flexibility index (Phi) is 6.50. The van der Waals surface area contributed by atoms with E-state index in [2.05, 4.69) is 31.7 Å². The van der Waals surface area contributed by atoms with Crippen LogP contribution < -0.4 is 14.4 Å². The van der Waals surface area contributed by atoms with Gasteiger partial charge in [-0.15, -0.1) is 0 Å². The van der Waals surface area contributed by atoms with Gasteiger partial charge in [-0.25, -0.2) is 9.50 Å². The van der Waals surface area contributed by atoms with E-state index in [1.54, 1.807) is 14.2 Å². The minimum Gasteiger partial charge on any atom is -0.497 e. The second kappa shape index (κ2) is 9.76. The first-order valence-electron chi connectivity index (χ1n) is 12.5. The Balaban J connectivity index is 1.47. The lowest BCUT2D eigenvalue weighted by molar-refractivity contribution is 0.0741. The van der Waals surface area contributed by atoms with Crippen molar-refractivity contribution in [3.63, 3.8) is 0 Å². The zero-order chi connectivity index (χ0) is 26.2. The second-order valence-corrected chi connectivity index (χ2v) is 10.3. The van der Waals surface area contributed by atoms with E-state index in [1.165, 1.54) is 0 Å². The third-order valence-corrected chi connectivity index (χ3v) is 6.77. The number of carbonyl (C=O) groups is 1. The molecule has 0 atom stereocenters. The number of nitrogens with zero attached hydrogens (tertiary/aromatic N) is 5. The standard InChI is InChI=1S/C29H33N5O3/c1-29(2,3)26-19-27-30-22(18-24(34(27)31-26)20-9-8-10-21(17-20)36-4)28(35)33-15-13-32(14-16-33)23-11-6-7-12-25(23)37-5/h6-12,17-19H,13-16H2,1-5H3. The van der Waals surface area contributed by atoms with E-state index in [9.17, 15) is 4.79 Å². The van der Waals surface area contributed by atoms with Gasteiger partial charge in [-0.3, -0.25) is 4.79 Å². The molecule has 0 unspecified atom stereocenters. The van der Waals surface area contributed by atoms with Gasteiger partial charge in [0.05, 0.1) is 31.3 Å². The first-order valence-corrected chi connectivity index (χ1v) is 12.5. The molecule has 8 nitrogen and oxygen atoms in total. The Bertz CT molecular complexity index is 1430. The van der Waals surface area contributed by atoms with Crippen molar-refractivity contribution in [1.29, 1.82) is 0 Å². The molecule has 192 valence electrons. The Labute approximate surface area is 217 Å². The number of carbonyl (C=O) groups excluding carboxylic acids is 1. The van der Waals surface area contributed by atoms with Crippen LogP contribution in [0.4, 0.5) is 5.69 Å². The molecule has 2 aromatic heterocycles. The highest BCUT2D eigenvalue weighted by atomic mass is 16.5. The van der Waals surface area contributed by atoms with Crippen molar-refractivity contribution < 1.29 is 14.3 Å². The number of amides is 1. The molecule has 3 heterocycles. The Morgan fingerprint density at radius 1 is 0.892 bits per heavy atom. The third-order valence-electron chi connectivity index (χ3n) is 6.77. The quantitative estimate of drug-likeness (QED) is 0.397. The number of hydrogen-bond acceptors (Lipinski definition) is 6. The van der Waals surface area contributed by atoms with Crippen molar-refractivity contribution in [1.82, 2.24) is 19.5 Å². The van der Waals surface area contributed by atoms with Gasteiger partial charge in [0.2, 0.25) is 0 Å². The topological polar surface area (TPSA) is 72.2 Å². The van der Waals surface area contributed by atoms with E-state index in [-0.39, 0.29) is 11.3 Å². The maximum atomic E-state index is 13.7. The van der Waals surface area contributed by atoms with Gasteiger partial charge in [0.15, 0.2) is 5.65 Å². The molecule has 0 N–H and O–H groups in total. The maximum Gasteiger partial charge on any atom is 0.272 e. The smallest absolute Gasteiger partial charge is 0.272 e. The van der Waals surface area contributed by atoms with Gasteiger partial charge in [0, 0.05) is 43.2 Å². The van der Waals surface area contributed by atoms with Crippen LogP contribution in [0, 0.1) is 0 Å². The molecule has 8 heteroatoms. The fourth-order valence-electron chi connectivity index (χ4n) is 4.64. The van der Waals surface area contributed by atoms with Crippen LogP contribution in [0.1, 0.15) is 37.0 Å². The van der Waals surface area contributed by atoms with Gasteiger partial charge in [-0.05, 0) is 30.3 Å². The van der Waals surface area contributed by atoms with Crippen molar-refractivity contribution >= 4 is 17.2 Å². The number of hydrogen-bond donors (Lipinski definition) is 0. The monoisotopic (exact) mass is 499 g/mol. The summed E-state index contributed by atoms with van der Waals surface area (Å²) in [4.78, 5) is 22.6. The summed E-state index contributed by atoms with van der Waals surface area (Å²) in [7, 11) is 3.33. The summed E-state index contributed by atoms with van der Waals surface area (Å²) in [5, 5.41) is 4.86. The molecule has 1 aliphatic rings. The second-order valence-electron chi connectivity index (χ2n) is 10.3. The van der Waals surface area contributed by atoms with E-state index >= 15 is 0 Å². The van der Waals surface area contributed by atoms with Crippen molar-refractivity contribution in [2.45, 2.75) is 26.2 Å². The maximum absolute atomic E-state index is 13.7. The molecule has 0 bridgehead atoms. The van der Waals surface area contributed by atoms with Gasteiger partial charge in [-0.2, -0.15) is 5.10 Å². The predicted molar refractivity (Wildman–Crippen MR) is 145 cm³/mol. The summed E-state index contributed by atoms with van der Waals surface area (Å²) in [5.41, 5.74) is 4.58. The van der Waals surface area contributed by atoms with Crippen molar-refractivity contribution in [3.05, 3.63) is 72.1 Å². The molecule has 0 saturated carbocycles. The van der Waals surface area contributed by atoms with Crippen LogP contribution in [0.25, 0.3) is 16.9 Å². The van der Waals surface area contributed by atoms with Crippen LogP contribution in [0.15, 0.2) is 60.7 Å². The Morgan fingerprint density at radius 2 is 1.65 bits per heavy atom. The molecular weight excluding hydrogens is 466 g/mol. The van der Waals surface area contributed by atoms with Crippen LogP contribution >= 0.6 is 0 Å². The molecule has 37 heavy (non-hydrogen) atoms. The minimum atomic E-state index is -0.154. The summed E-state index contributed by atoms with van der Waals surface area (Å²) in [5.74, 6) is 1.50. The molecule has 0 spiro atoms. The number of methoxy groups -OCH3 is 2. The van der Waals surface area contributed by atoms with Crippen LogP contribution in [-0.4, -0.2) is 65.8 Å². The van der Waals surface area contributed by atoms with Crippen molar-refractivity contribution in [2.24, 2.45) is 0 Å². The Morgan fingerprint density at radius 3 is 2.35 bits per heavy atom. The fraction of sp³-hybridized carbons (Fsp3) is 0.345. The molecule has 5 rings (SSSR count). The largest absolute Gasteiger partial charge is 0.497 e. The number of fused-ring (bicyclic) bond motifs is 1. The number of piperazine rings is 1. The third kappa shape index (κ3) is 4.83. The first-order chi connectivity index (χ1) is 17.8. The summed E-state index contributed by atoms with van der Waals surface area (Å²) in [6.45, 7) is 9.00. The lowest BCUT2D eigenvalue weighted by Crippen LogP contribution is -2.49. The lowest BCUT2D eigenvalue weighted by atomic mass is 9.93. The molecule has 0 radical (unpaired) electrons. The summed E-state index contributed by atoms with van der Waals surface area (Å²) >= 11 is 0. The average Bonchev–Trinajstić information content (AvgIpc) is 3.37. The average molecular weight is 500 g/mol.